The van der Waals surface area contributed by atoms with Gasteiger partial charge in [-0.2, -0.15) is 0 Å². The molecule has 0 bridgehead atoms. The van der Waals surface area contributed by atoms with Crippen molar-refractivity contribution in [1.29, 1.82) is 0 Å². The zero-order valence-electron chi connectivity index (χ0n) is 14.8. The van der Waals surface area contributed by atoms with Crippen LogP contribution in [-0.4, -0.2) is 22.7 Å². The summed E-state index contributed by atoms with van der Waals surface area (Å²) in [7, 11) is 0. The summed E-state index contributed by atoms with van der Waals surface area (Å²) in [5.41, 5.74) is 1.22. The highest BCUT2D eigenvalue weighted by molar-refractivity contribution is 5.97. The first-order chi connectivity index (χ1) is 13.6. The molecule has 3 rings (SSSR count). The second-order valence-electron chi connectivity index (χ2n) is 5.91. The average molecular weight is 379 g/mol. The maximum atomic E-state index is 11.9. The molecule has 8 nitrogen and oxygen atoms in total. The largest absolute Gasteiger partial charge is 0.452 e. The summed E-state index contributed by atoms with van der Waals surface area (Å²) in [5.74, 6) is 0. The Kier molecular flexibility index (Phi) is 6.03. The predicted molar refractivity (Wildman–Crippen MR) is 103 cm³/mol. The van der Waals surface area contributed by atoms with Crippen LogP contribution in [0.1, 0.15) is 11.1 Å². The van der Waals surface area contributed by atoms with Gasteiger partial charge in [0.05, 0.1) is 4.92 Å². The fourth-order valence-electron chi connectivity index (χ4n) is 2.87. The van der Waals surface area contributed by atoms with Crippen LogP contribution in [-0.2, 0) is 17.8 Å². The molecule has 0 saturated heterocycles. The van der Waals surface area contributed by atoms with Crippen LogP contribution < -0.4 is 0 Å². The Bertz CT molecular complexity index is 1030. The number of carbonyl (C=O) groups is 1. The van der Waals surface area contributed by atoms with Gasteiger partial charge >= 0.3 is 6.09 Å². The summed E-state index contributed by atoms with van der Waals surface area (Å²) >= 11 is 0. The maximum absolute atomic E-state index is 11.9. The standard InChI is InChI=1S/C20H17N3O5/c24-11-10-17-15-8-4-5-9-16(15)18(12-19(17)23(26)27)21-22-20(25)28-13-14-6-2-1-3-7-14/h1-9,12,24H,10-11,13H2. The number of aliphatic hydroxyl groups is 1. The Morgan fingerprint density at radius 1 is 1.07 bits per heavy atom. The second kappa shape index (κ2) is 8.83. The van der Waals surface area contributed by atoms with Crippen molar-refractivity contribution >= 4 is 28.2 Å². The van der Waals surface area contributed by atoms with Gasteiger partial charge in [0.2, 0.25) is 0 Å². The van der Waals surface area contributed by atoms with Gasteiger partial charge < -0.3 is 9.84 Å². The number of nitro benzene ring substituents is 1. The van der Waals surface area contributed by atoms with E-state index in [0.29, 0.717) is 16.3 Å². The first kappa shape index (κ1) is 19.1. The van der Waals surface area contributed by atoms with E-state index in [4.69, 9.17) is 4.74 Å². The summed E-state index contributed by atoms with van der Waals surface area (Å²) < 4.78 is 5.04. The quantitative estimate of drug-likeness (QED) is 0.379. The molecule has 0 aliphatic rings. The van der Waals surface area contributed by atoms with E-state index in [1.54, 1.807) is 36.4 Å². The summed E-state index contributed by atoms with van der Waals surface area (Å²) in [6.45, 7) is -0.174. The molecule has 0 aliphatic heterocycles. The number of nitro groups is 1. The van der Waals surface area contributed by atoms with Crippen LogP contribution in [0.5, 0.6) is 0 Å². The Morgan fingerprint density at radius 2 is 1.75 bits per heavy atom. The minimum Gasteiger partial charge on any atom is -0.442 e. The van der Waals surface area contributed by atoms with Crippen molar-refractivity contribution in [3.63, 3.8) is 0 Å². The Labute approximate surface area is 160 Å². The SMILES string of the molecule is O=C(N=Nc1cc([N+](=O)[O-])c(CCO)c2ccccc12)OCc1ccccc1. The molecule has 1 amide bonds. The van der Waals surface area contributed by atoms with Crippen molar-refractivity contribution in [1.82, 2.24) is 0 Å². The summed E-state index contributed by atoms with van der Waals surface area (Å²) in [6.07, 6.45) is -0.761. The van der Waals surface area contributed by atoms with E-state index in [1.165, 1.54) is 6.07 Å². The lowest BCUT2D eigenvalue weighted by Gasteiger charge is -2.08. The number of azo groups is 1. The number of benzene rings is 3. The van der Waals surface area contributed by atoms with E-state index >= 15 is 0 Å². The molecule has 3 aromatic carbocycles. The molecule has 0 fully saturated rings. The molecule has 0 atom stereocenters. The molecule has 0 aliphatic carbocycles. The van der Waals surface area contributed by atoms with Crippen LogP contribution >= 0.6 is 0 Å². The number of hydrogen-bond donors (Lipinski definition) is 1. The first-order valence-electron chi connectivity index (χ1n) is 8.52. The Morgan fingerprint density at radius 3 is 2.43 bits per heavy atom. The molecule has 0 aromatic heterocycles. The van der Waals surface area contributed by atoms with Gasteiger partial charge in [-0.1, -0.05) is 59.7 Å². The first-order valence-corrected chi connectivity index (χ1v) is 8.52. The lowest BCUT2D eigenvalue weighted by Crippen LogP contribution is -2.00. The van der Waals surface area contributed by atoms with Crippen molar-refractivity contribution in [2.24, 2.45) is 10.2 Å². The molecule has 0 unspecified atom stereocenters. The van der Waals surface area contributed by atoms with Crippen LogP contribution in [0.25, 0.3) is 10.8 Å². The normalized spacial score (nSPS) is 11.0. The number of rotatable bonds is 6. The van der Waals surface area contributed by atoms with Crippen molar-refractivity contribution < 1.29 is 19.6 Å². The fraction of sp³-hybridized carbons (Fsp3) is 0.150. The van der Waals surface area contributed by atoms with Crippen LogP contribution in [0.4, 0.5) is 16.2 Å². The maximum Gasteiger partial charge on any atom is 0.452 e. The van der Waals surface area contributed by atoms with Gasteiger partial charge in [-0.25, -0.2) is 4.79 Å². The monoisotopic (exact) mass is 379 g/mol. The molecule has 28 heavy (non-hydrogen) atoms. The Hall–Kier alpha value is -3.65. The molecule has 0 spiro atoms. The lowest BCUT2D eigenvalue weighted by atomic mass is 9.99. The summed E-state index contributed by atoms with van der Waals surface area (Å²) in [5, 5.41) is 29.3. The average Bonchev–Trinajstić information content (AvgIpc) is 2.72. The summed E-state index contributed by atoms with van der Waals surface area (Å²) in [6, 6.07) is 17.3. The number of fused-ring (bicyclic) bond motifs is 1. The number of amides is 1. The smallest absolute Gasteiger partial charge is 0.442 e. The van der Waals surface area contributed by atoms with Crippen LogP contribution in [0.15, 0.2) is 70.9 Å². The van der Waals surface area contributed by atoms with Gasteiger partial charge in [-0.05, 0) is 10.9 Å². The molecular formula is C20H17N3O5. The molecule has 0 heterocycles. The number of hydrogen-bond acceptors (Lipinski definition) is 6. The van der Waals surface area contributed by atoms with E-state index in [1.807, 2.05) is 18.2 Å². The fourth-order valence-corrected chi connectivity index (χ4v) is 2.87. The number of ether oxygens (including phenoxy) is 1. The van der Waals surface area contributed by atoms with E-state index in [2.05, 4.69) is 10.2 Å². The molecule has 0 radical (unpaired) electrons. The van der Waals surface area contributed by atoms with Gasteiger partial charge in [0.1, 0.15) is 12.3 Å². The highest BCUT2D eigenvalue weighted by atomic mass is 16.6. The minimum absolute atomic E-state index is 0.0506. The van der Waals surface area contributed by atoms with Gasteiger partial charge in [-0.15, -0.1) is 5.11 Å². The predicted octanol–water partition coefficient (Wildman–Crippen LogP) is 4.70. The lowest BCUT2D eigenvalue weighted by molar-refractivity contribution is -0.385. The van der Waals surface area contributed by atoms with E-state index in [9.17, 15) is 20.0 Å². The minimum atomic E-state index is -0.893. The van der Waals surface area contributed by atoms with Gasteiger partial charge in [-0.3, -0.25) is 10.1 Å². The highest BCUT2D eigenvalue weighted by Gasteiger charge is 2.20. The highest BCUT2D eigenvalue weighted by Crippen LogP contribution is 2.36. The van der Waals surface area contributed by atoms with Crippen molar-refractivity contribution in [3.8, 4) is 0 Å². The van der Waals surface area contributed by atoms with Crippen molar-refractivity contribution in [3.05, 3.63) is 81.9 Å². The zero-order chi connectivity index (χ0) is 19.9. The van der Waals surface area contributed by atoms with Crippen LogP contribution in [0.2, 0.25) is 0 Å². The molecule has 0 saturated carbocycles. The number of carbonyl (C=O) groups excluding carboxylic acids is 1. The van der Waals surface area contributed by atoms with E-state index in [0.717, 1.165) is 5.56 Å². The van der Waals surface area contributed by atoms with Crippen LogP contribution in [0.3, 0.4) is 0 Å². The third kappa shape index (κ3) is 4.36. The summed E-state index contributed by atoms with van der Waals surface area (Å²) in [4.78, 5) is 22.8. The topological polar surface area (TPSA) is 114 Å². The molecular weight excluding hydrogens is 362 g/mol. The third-order valence-corrected chi connectivity index (χ3v) is 4.11. The van der Waals surface area contributed by atoms with E-state index < -0.39 is 11.0 Å². The molecule has 142 valence electrons. The van der Waals surface area contributed by atoms with Gasteiger partial charge in [0.25, 0.3) is 5.69 Å². The van der Waals surface area contributed by atoms with Crippen LogP contribution in [0, 0.1) is 10.1 Å². The molecule has 8 heteroatoms. The van der Waals surface area contributed by atoms with Gasteiger partial charge in [0.15, 0.2) is 0 Å². The Balaban J connectivity index is 1.89. The van der Waals surface area contributed by atoms with Crippen molar-refractivity contribution in [2.75, 3.05) is 6.61 Å². The van der Waals surface area contributed by atoms with Crippen molar-refractivity contribution in [2.45, 2.75) is 13.0 Å². The number of aliphatic hydroxyl groups excluding tert-OH is 1. The zero-order valence-corrected chi connectivity index (χ0v) is 14.8. The second-order valence-corrected chi connectivity index (χ2v) is 5.91. The third-order valence-electron chi connectivity index (χ3n) is 4.11. The molecule has 3 aromatic rings. The van der Waals surface area contributed by atoms with Gasteiger partial charge in [0, 0.05) is 30.0 Å². The molecule has 1 N–H and O–H groups in total. The number of nitrogens with zero attached hydrogens (tertiary/aromatic N) is 3. The van der Waals surface area contributed by atoms with E-state index in [-0.39, 0.29) is 31.0 Å².